The highest BCUT2D eigenvalue weighted by molar-refractivity contribution is 5.02. The molecule has 0 saturated heterocycles. The first-order valence-electron chi connectivity index (χ1n) is 3.91. The van der Waals surface area contributed by atoms with E-state index >= 15 is 0 Å². The predicted octanol–water partition coefficient (Wildman–Crippen LogP) is 0.920. The minimum absolute atomic E-state index is 0.0605. The second-order valence-electron chi connectivity index (χ2n) is 2.85. The van der Waals surface area contributed by atoms with Gasteiger partial charge in [0, 0.05) is 18.8 Å². The molecule has 0 aromatic carbocycles. The third kappa shape index (κ3) is 3.02. The molecule has 3 nitrogen and oxygen atoms in total. The molecule has 13 heavy (non-hydrogen) atoms. The summed E-state index contributed by atoms with van der Waals surface area (Å²) in [6.07, 6.45) is 0.555. The number of nitrogens with two attached hydrogens (primary N) is 1. The van der Waals surface area contributed by atoms with Gasteiger partial charge in [0.05, 0.1) is 17.4 Å². The monoisotopic (exact) mass is 187 g/mol. The number of nitrogens with zero attached hydrogens (tertiary/aromatic N) is 2. The van der Waals surface area contributed by atoms with Gasteiger partial charge in [0.1, 0.15) is 0 Å². The lowest BCUT2D eigenvalue weighted by Crippen LogP contribution is -2.31. The molecule has 1 rings (SSSR count). The fraction of sp³-hybridized carbons (Fsp3) is 0.500. The fourth-order valence-corrected chi connectivity index (χ4v) is 0.855. The van der Waals surface area contributed by atoms with Crippen LogP contribution in [0.4, 0.5) is 8.78 Å². The molecule has 0 fully saturated rings. The van der Waals surface area contributed by atoms with E-state index in [1.165, 1.54) is 12.4 Å². The first kappa shape index (κ1) is 9.98. The van der Waals surface area contributed by atoms with Crippen molar-refractivity contribution >= 4 is 0 Å². The second-order valence-corrected chi connectivity index (χ2v) is 2.85. The van der Waals surface area contributed by atoms with Crippen molar-refractivity contribution in [3.63, 3.8) is 0 Å². The second kappa shape index (κ2) is 4.23. The van der Waals surface area contributed by atoms with E-state index in [0.717, 1.165) is 5.69 Å². The first-order valence-corrected chi connectivity index (χ1v) is 3.91. The van der Waals surface area contributed by atoms with E-state index in [0.29, 0.717) is 5.69 Å². The molecule has 0 amide bonds. The summed E-state index contributed by atoms with van der Waals surface area (Å²) in [6, 6.07) is -1.16. The van der Waals surface area contributed by atoms with Crippen LogP contribution < -0.4 is 5.73 Å². The largest absolute Gasteiger partial charge is 0.323 e. The Labute approximate surface area is 75.0 Å². The van der Waals surface area contributed by atoms with Crippen LogP contribution in [0.25, 0.3) is 0 Å². The van der Waals surface area contributed by atoms with E-state index in [1.807, 2.05) is 0 Å². The van der Waals surface area contributed by atoms with Crippen LogP contribution in [0.1, 0.15) is 11.4 Å². The van der Waals surface area contributed by atoms with Gasteiger partial charge in [-0.2, -0.15) is 0 Å². The Morgan fingerprint density at radius 2 is 2.08 bits per heavy atom. The van der Waals surface area contributed by atoms with Crippen molar-refractivity contribution in [2.45, 2.75) is 25.8 Å². The molecule has 0 bridgehead atoms. The zero-order valence-corrected chi connectivity index (χ0v) is 7.24. The summed E-state index contributed by atoms with van der Waals surface area (Å²) in [7, 11) is 0. The van der Waals surface area contributed by atoms with Gasteiger partial charge in [0.25, 0.3) is 6.43 Å². The molecular formula is C8H11F2N3. The molecule has 1 aromatic rings. The molecule has 1 aromatic heterocycles. The Morgan fingerprint density at radius 3 is 2.54 bits per heavy atom. The quantitative estimate of drug-likeness (QED) is 0.765. The van der Waals surface area contributed by atoms with Gasteiger partial charge in [-0.05, 0) is 6.92 Å². The van der Waals surface area contributed by atoms with E-state index in [-0.39, 0.29) is 6.42 Å². The van der Waals surface area contributed by atoms with Crippen LogP contribution in [0.2, 0.25) is 0 Å². The number of hydrogen-bond donors (Lipinski definition) is 1. The zero-order valence-electron chi connectivity index (χ0n) is 7.24. The predicted molar refractivity (Wildman–Crippen MR) is 44.5 cm³/mol. The van der Waals surface area contributed by atoms with E-state index < -0.39 is 12.5 Å². The lowest BCUT2D eigenvalue weighted by molar-refractivity contribution is 0.115. The molecule has 0 saturated carbocycles. The van der Waals surface area contributed by atoms with Gasteiger partial charge in [-0.3, -0.25) is 9.97 Å². The first-order chi connectivity index (χ1) is 6.09. The number of aryl methyl sites for hydroxylation is 1. The maximum atomic E-state index is 12.0. The standard InChI is InChI=1S/C8H11F2N3/c1-5-3-13-6(4-12-5)2-7(11)8(9)10/h3-4,7-8H,2,11H2,1H3. The van der Waals surface area contributed by atoms with Crippen LogP contribution >= 0.6 is 0 Å². The van der Waals surface area contributed by atoms with E-state index in [4.69, 9.17) is 5.73 Å². The molecule has 0 aliphatic heterocycles. The maximum Gasteiger partial charge on any atom is 0.253 e. The van der Waals surface area contributed by atoms with Crippen molar-refractivity contribution in [1.82, 2.24) is 9.97 Å². The third-order valence-electron chi connectivity index (χ3n) is 1.60. The molecule has 0 radical (unpaired) electrons. The normalized spacial score (nSPS) is 13.3. The lowest BCUT2D eigenvalue weighted by atomic mass is 10.2. The Morgan fingerprint density at radius 1 is 1.38 bits per heavy atom. The number of aromatic nitrogens is 2. The summed E-state index contributed by atoms with van der Waals surface area (Å²) in [5.41, 5.74) is 6.43. The van der Waals surface area contributed by atoms with Gasteiger partial charge in [-0.1, -0.05) is 0 Å². The van der Waals surface area contributed by atoms with Crippen molar-refractivity contribution in [3.8, 4) is 0 Å². The Kier molecular flexibility index (Phi) is 3.25. The van der Waals surface area contributed by atoms with E-state index in [1.54, 1.807) is 6.92 Å². The van der Waals surface area contributed by atoms with Gasteiger partial charge >= 0.3 is 0 Å². The average molecular weight is 187 g/mol. The van der Waals surface area contributed by atoms with Crippen molar-refractivity contribution < 1.29 is 8.78 Å². The van der Waals surface area contributed by atoms with Crippen molar-refractivity contribution in [2.75, 3.05) is 0 Å². The summed E-state index contributed by atoms with van der Waals surface area (Å²) in [5, 5.41) is 0. The lowest BCUT2D eigenvalue weighted by Gasteiger charge is -2.08. The number of rotatable bonds is 3. The van der Waals surface area contributed by atoms with Crippen LogP contribution in [0.3, 0.4) is 0 Å². The Hall–Kier alpha value is -1.10. The van der Waals surface area contributed by atoms with Gasteiger partial charge in [0.15, 0.2) is 0 Å². The highest BCUT2D eigenvalue weighted by atomic mass is 19.3. The summed E-state index contributed by atoms with van der Waals surface area (Å²) < 4.78 is 24.0. The molecule has 2 N–H and O–H groups in total. The molecule has 0 aliphatic carbocycles. The zero-order chi connectivity index (χ0) is 9.84. The summed E-state index contributed by atoms with van der Waals surface area (Å²) in [5.74, 6) is 0. The summed E-state index contributed by atoms with van der Waals surface area (Å²) in [6.45, 7) is 1.78. The molecule has 1 atom stereocenters. The molecule has 0 aliphatic rings. The van der Waals surface area contributed by atoms with Crippen molar-refractivity contribution in [1.29, 1.82) is 0 Å². The van der Waals surface area contributed by atoms with Gasteiger partial charge in [-0.15, -0.1) is 0 Å². The highest BCUT2D eigenvalue weighted by Crippen LogP contribution is 2.04. The molecule has 1 heterocycles. The van der Waals surface area contributed by atoms with Crippen LogP contribution in [-0.2, 0) is 6.42 Å². The topological polar surface area (TPSA) is 51.8 Å². The smallest absolute Gasteiger partial charge is 0.253 e. The number of alkyl halides is 2. The maximum absolute atomic E-state index is 12.0. The minimum atomic E-state index is -2.51. The van der Waals surface area contributed by atoms with Gasteiger partial charge < -0.3 is 5.73 Å². The molecular weight excluding hydrogens is 176 g/mol. The molecule has 5 heteroatoms. The van der Waals surface area contributed by atoms with Crippen LogP contribution in [0, 0.1) is 6.92 Å². The fourth-order valence-electron chi connectivity index (χ4n) is 0.855. The molecule has 72 valence electrons. The van der Waals surface area contributed by atoms with Crippen molar-refractivity contribution in [3.05, 3.63) is 23.8 Å². The average Bonchev–Trinajstić information content (AvgIpc) is 2.08. The Bertz CT molecular complexity index is 261. The summed E-state index contributed by atoms with van der Waals surface area (Å²) >= 11 is 0. The SMILES string of the molecule is Cc1cnc(CC(N)C(F)F)cn1. The molecule has 0 spiro atoms. The van der Waals surface area contributed by atoms with Gasteiger partial charge in [0.2, 0.25) is 0 Å². The van der Waals surface area contributed by atoms with Gasteiger partial charge in [-0.25, -0.2) is 8.78 Å². The van der Waals surface area contributed by atoms with E-state index in [2.05, 4.69) is 9.97 Å². The van der Waals surface area contributed by atoms with Crippen molar-refractivity contribution in [2.24, 2.45) is 5.73 Å². The van der Waals surface area contributed by atoms with Crippen LogP contribution in [0.15, 0.2) is 12.4 Å². The van der Waals surface area contributed by atoms with Crippen LogP contribution in [0.5, 0.6) is 0 Å². The third-order valence-corrected chi connectivity index (χ3v) is 1.60. The highest BCUT2D eigenvalue weighted by Gasteiger charge is 2.15. The number of hydrogen-bond acceptors (Lipinski definition) is 3. The van der Waals surface area contributed by atoms with E-state index in [9.17, 15) is 8.78 Å². The summed E-state index contributed by atoms with van der Waals surface area (Å²) in [4.78, 5) is 7.85. The minimum Gasteiger partial charge on any atom is -0.323 e. The Balaban J connectivity index is 2.59. The number of halogens is 2. The van der Waals surface area contributed by atoms with Crippen LogP contribution in [-0.4, -0.2) is 22.4 Å². The molecule has 1 unspecified atom stereocenters.